The van der Waals surface area contributed by atoms with Crippen LogP contribution in [0.4, 0.5) is 5.69 Å². The summed E-state index contributed by atoms with van der Waals surface area (Å²) in [5.41, 5.74) is -0.411. The minimum absolute atomic E-state index is 0.322. The Kier molecular flexibility index (Phi) is 5.32. The van der Waals surface area contributed by atoms with Crippen molar-refractivity contribution in [1.82, 2.24) is 9.97 Å². The topological polar surface area (TPSA) is 121 Å². The normalized spacial score (nSPS) is 10.2. The molecule has 120 valence electrons. The molecule has 0 atom stereocenters. The van der Waals surface area contributed by atoms with E-state index >= 15 is 0 Å². The second kappa shape index (κ2) is 7.22. The number of esters is 1. The first-order chi connectivity index (χ1) is 10.8. The predicted octanol–water partition coefficient (Wildman–Crippen LogP) is 0.772. The van der Waals surface area contributed by atoms with E-state index in [1.54, 1.807) is 6.07 Å². The van der Waals surface area contributed by atoms with Crippen LogP contribution in [0.2, 0.25) is 0 Å². The van der Waals surface area contributed by atoms with Gasteiger partial charge in [0.25, 0.3) is 11.5 Å². The molecule has 0 saturated heterocycles. The van der Waals surface area contributed by atoms with Crippen LogP contribution in [0.15, 0.2) is 33.9 Å². The number of rotatable bonds is 4. The van der Waals surface area contributed by atoms with E-state index in [4.69, 9.17) is 4.74 Å². The van der Waals surface area contributed by atoms with E-state index in [1.807, 2.05) is 24.0 Å². The van der Waals surface area contributed by atoms with Crippen molar-refractivity contribution in [3.8, 4) is 0 Å². The number of benzene rings is 1. The summed E-state index contributed by atoms with van der Waals surface area (Å²) < 4.78 is 5.79. The number of hydrogen-bond acceptors (Lipinski definition) is 5. The molecule has 0 radical (unpaired) electrons. The van der Waals surface area contributed by atoms with Gasteiger partial charge in [0.15, 0.2) is 6.61 Å². The lowest BCUT2D eigenvalue weighted by Crippen LogP contribution is -2.27. The Labute approximate surface area is 143 Å². The molecule has 3 N–H and O–H groups in total. The molecule has 2 aromatic rings. The summed E-state index contributed by atoms with van der Waals surface area (Å²) in [4.78, 5) is 49.7. The first-order valence-corrected chi connectivity index (χ1v) is 7.50. The van der Waals surface area contributed by atoms with E-state index in [2.05, 4.69) is 32.9 Å². The van der Waals surface area contributed by atoms with Crippen LogP contribution in [0.25, 0.3) is 0 Å². The molecule has 1 amide bonds. The summed E-state index contributed by atoms with van der Waals surface area (Å²) in [6.07, 6.45) is 0. The van der Waals surface area contributed by atoms with Crippen molar-refractivity contribution in [2.45, 2.75) is 6.92 Å². The second-order valence-electron chi connectivity index (χ2n) is 4.58. The average molecular weight is 429 g/mol. The molecule has 0 aliphatic carbocycles. The van der Waals surface area contributed by atoms with E-state index in [1.165, 1.54) is 0 Å². The van der Waals surface area contributed by atoms with Crippen molar-refractivity contribution in [3.63, 3.8) is 0 Å². The van der Waals surface area contributed by atoms with Gasteiger partial charge in [-0.1, -0.05) is 0 Å². The van der Waals surface area contributed by atoms with Gasteiger partial charge in [-0.25, -0.2) is 9.59 Å². The number of amides is 1. The number of anilines is 1. The number of nitrogens with one attached hydrogen (secondary N) is 3. The SMILES string of the molecule is Cc1cc(I)ccc1NC(=O)COC(=O)c1cc(=O)[nH]c(=O)[nH]1. The molecule has 23 heavy (non-hydrogen) atoms. The number of H-pyrrole nitrogens is 2. The maximum atomic E-state index is 11.8. The first-order valence-electron chi connectivity index (χ1n) is 6.42. The number of aromatic nitrogens is 2. The minimum Gasteiger partial charge on any atom is -0.451 e. The fraction of sp³-hybridized carbons (Fsp3) is 0.143. The number of hydrogen-bond donors (Lipinski definition) is 3. The summed E-state index contributed by atoms with van der Waals surface area (Å²) >= 11 is 2.15. The molecule has 0 unspecified atom stereocenters. The standard InChI is InChI=1S/C14H12IN3O5/c1-7-4-8(15)2-3-9(7)16-12(20)6-23-13(21)10-5-11(19)18-14(22)17-10/h2-5H,6H2,1H3,(H,16,20)(H2,17,18,19,22). The van der Waals surface area contributed by atoms with Crippen LogP contribution in [-0.4, -0.2) is 28.5 Å². The molecule has 2 rings (SSSR count). The van der Waals surface area contributed by atoms with E-state index in [9.17, 15) is 19.2 Å². The van der Waals surface area contributed by atoms with Crippen molar-refractivity contribution in [2.24, 2.45) is 0 Å². The molecule has 0 aliphatic rings. The molecule has 0 fully saturated rings. The van der Waals surface area contributed by atoms with Gasteiger partial charge in [0.2, 0.25) is 0 Å². The van der Waals surface area contributed by atoms with Crippen molar-refractivity contribution in [2.75, 3.05) is 11.9 Å². The van der Waals surface area contributed by atoms with Gasteiger partial charge < -0.3 is 15.0 Å². The Balaban J connectivity index is 1.97. The molecule has 0 spiro atoms. The Morgan fingerprint density at radius 2 is 1.96 bits per heavy atom. The summed E-state index contributed by atoms with van der Waals surface area (Å²) in [5.74, 6) is -1.50. The summed E-state index contributed by atoms with van der Waals surface area (Å²) in [6.45, 7) is 1.30. The smallest absolute Gasteiger partial charge is 0.355 e. The largest absolute Gasteiger partial charge is 0.451 e. The molecule has 8 nitrogen and oxygen atoms in total. The maximum absolute atomic E-state index is 11.8. The monoisotopic (exact) mass is 429 g/mol. The predicted molar refractivity (Wildman–Crippen MR) is 90.5 cm³/mol. The fourth-order valence-corrected chi connectivity index (χ4v) is 2.39. The van der Waals surface area contributed by atoms with Gasteiger partial charge in [-0.2, -0.15) is 0 Å². The van der Waals surface area contributed by atoms with Crippen molar-refractivity contribution in [3.05, 3.63) is 59.9 Å². The molecule has 1 heterocycles. The zero-order chi connectivity index (χ0) is 17.0. The highest BCUT2D eigenvalue weighted by Gasteiger charge is 2.13. The van der Waals surface area contributed by atoms with Gasteiger partial charge in [-0.15, -0.1) is 0 Å². The van der Waals surface area contributed by atoms with Gasteiger partial charge in [0.05, 0.1) is 0 Å². The summed E-state index contributed by atoms with van der Waals surface area (Å²) in [6, 6.07) is 6.34. The highest BCUT2D eigenvalue weighted by molar-refractivity contribution is 14.1. The summed E-state index contributed by atoms with van der Waals surface area (Å²) in [7, 11) is 0. The Bertz CT molecular complexity index is 843. The highest BCUT2D eigenvalue weighted by atomic mass is 127. The number of ether oxygens (including phenoxy) is 1. The maximum Gasteiger partial charge on any atom is 0.355 e. The Morgan fingerprint density at radius 1 is 1.22 bits per heavy atom. The minimum atomic E-state index is -0.970. The van der Waals surface area contributed by atoms with E-state index < -0.39 is 29.7 Å². The van der Waals surface area contributed by atoms with Gasteiger partial charge in [0.1, 0.15) is 5.69 Å². The average Bonchev–Trinajstić information content (AvgIpc) is 2.46. The van der Waals surface area contributed by atoms with Crippen LogP contribution in [0, 0.1) is 10.5 Å². The lowest BCUT2D eigenvalue weighted by atomic mass is 10.2. The molecule has 0 saturated carbocycles. The van der Waals surface area contributed by atoms with E-state index in [0.717, 1.165) is 15.2 Å². The first kappa shape index (κ1) is 16.9. The quantitative estimate of drug-likeness (QED) is 0.490. The van der Waals surface area contributed by atoms with Crippen molar-refractivity contribution >= 4 is 40.2 Å². The zero-order valence-corrected chi connectivity index (χ0v) is 14.1. The Morgan fingerprint density at radius 3 is 2.61 bits per heavy atom. The molecule has 1 aromatic heterocycles. The molecule has 0 aliphatic heterocycles. The van der Waals surface area contributed by atoms with E-state index in [-0.39, 0.29) is 5.69 Å². The molecule has 9 heteroatoms. The van der Waals surface area contributed by atoms with Crippen LogP contribution in [0.5, 0.6) is 0 Å². The Hall–Kier alpha value is -2.43. The third kappa shape index (κ3) is 4.77. The highest BCUT2D eigenvalue weighted by Crippen LogP contribution is 2.17. The van der Waals surface area contributed by atoms with Gasteiger partial charge in [-0.05, 0) is 53.3 Å². The van der Waals surface area contributed by atoms with Crippen LogP contribution in [0.3, 0.4) is 0 Å². The number of carbonyl (C=O) groups is 2. The van der Waals surface area contributed by atoms with E-state index in [0.29, 0.717) is 5.69 Å². The summed E-state index contributed by atoms with van der Waals surface area (Å²) in [5, 5.41) is 2.61. The lowest BCUT2D eigenvalue weighted by Gasteiger charge is -2.09. The van der Waals surface area contributed by atoms with Gasteiger partial charge in [-0.3, -0.25) is 14.6 Å². The fourth-order valence-electron chi connectivity index (χ4n) is 1.74. The number of carbonyl (C=O) groups excluding carboxylic acids is 2. The second-order valence-corrected chi connectivity index (χ2v) is 5.83. The third-order valence-electron chi connectivity index (χ3n) is 2.78. The lowest BCUT2D eigenvalue weighted by molar-refractivity contribution is -0.119. The van der Waals surface area contributed by atoms with Gasteiger partial charge >= 0.3 is 11.7 Å². The van der Waals surface area contributed by atoms with Crippen LogP contribution in [0.1, 0.15) is 16.1 Å². The molecule has 0 bridgehead atoms. The molecule has 1 aromatic carbocycles. The van der Waals surface area contributed by atoms with Gasteiger partial charge in [0, 0.05) is 15.3 Å². The van der Waals surface area contributed by atoms with Crippen molar-refractivity contribution in [1.29, 1.82) is 0 Å². The molecular formula is C14H12IN3O5. The number of aromatic amines is 2. The van der Waals surface area contributed by atoms with Crippen LogP contribution < -0.4 is 16.6 Å². The van der Waals surface area contributed by atoms with Crippen LogP contribution in [-0.2, 0) is 9.53 Å². The van der Waals surface area contributed by atoms with Crippen molar-refractivity contribution < 1.29 is 14.3 Å². The van der Waals surface area contributed by atoms with Crippen LogP contribution >= 0.6 is 22.6 Å². The molecular weight excluding hydrogens is 417 g/mol. The number of halogens is 1. The third-order valence-corrected chi connectivity index (χ3v) is 3.45. The zero-order valence-electron chi connectivity index (χ0n) is 11.9. The number of aryl methyl sites for hydroxylation is 1.